The molecule has 0 aromatic heterocycles. The maximum absolute atomic E-state index is 11.8. The average Bonchev–Trinajstić information content (AvgIpc) is 2.59. The molecule has 1 aliphatic heterocycles. The normalized spacial score (nSPS) is 14.1. The summed E-state index contributed by atoms with van der Waals surface area (Å²) in [6, 6.07) is 5.59. The molecular weight excluding hydrogens is 204 g/mol. The lowest BCUT2D eigenvalue weighted by Gasteiger charge is -2.18. The van der Waals surface area contributed by atoms with Crippen LogP contribution in [0, 0.1) is 0 Å². The molecule has 0 radical (unpaired) electrons. The Morgan fingerprint density at radius 1 is 1.50 bits per heavy atom. The van der Waals surface area contributed by atoms with Crippen molar-refractivity contribution in [3.05, 3.63) is 23.8 Å². The first-order valence-electron chi connectivity index (χ1n) is 5.44. The molecule has 0 saturated carbocycles. The summed E-state index contributed by atoms with van der Waals surface area (Å²) in [4.78, 5) is 13.4. The van der Waals surface area contributed by atoms with E-state index in [0.717, 1.165) is 23.4 Å². The number of benzene rings is 1. The van der Waals surface area contributed by atoms with Gasteiger partial charge in [-0.15, -0.1) is 0 Å². The molecule has 1 aliphatic rings. The smallest absolute Gasteiger partial charge is 0.414 e. The van der Waals surface area contributed by atoms with Crippen molar-refractivity contribution in [3.8, 4) is 0 Å². The Morgan fingerprint density at radius 3 is 2.94 bits per heavy atom. The van der Waals surface area contributed by atoms with Crippen molar-refractivity contribution in [3.63, 3.8) is 0 Å². The number of amides is 1. The van der Waals surface area contributed by atoms with E-state index in [-0.39, 0.29) is 12.2 Å². The molecule has 1 heterocycles. The minimum absolute atomic E-state index is 0.0923. The summed E-state index contributed by atoms with van der Waals surface area (Å²) in [7, 11) is 0. The summed E-state index contributed by atoms with van der Waals surface area (Å²) in [6.45, 7) is 4.36. The second kappa shape index (κ2) is 4.04. The molecule has 2 rings (SSSR count). The van der Waals surface area contributed by atoms with Crippen LogP contribution in [0.15, 0.2) is 18.2 Å². The largest absolute Gasteiger partial charge is 0.446 e. The molecule has 0 bridgehead atoms. The van der Waals surface area contributed by atoms with Crippen molar-refractivity contribution < 1.29 is 9.53 Å². The van der Waals surface area contributed by atoms with E-state index in [1.807, 2.05) is 26.0 Å². The topological polar surface area (TPSA) is 55.6 Å². The molecule has 4 heteroatoms. The molecule has 0 saturated heterocycles. The quantitative estimate of drug-likeness (QED) is 0.738. The van der Waals surface area contributed by atoms with E-state index in [9.17, 15) is 4.79 Å². The lowest BCUT2D eigenvalue weighted by molar-refractivity contribution is 0.123. The van der Waals surface area contributed by atoms with Crippen LogP contribution in [0.4, 0.5) is 16.2 Å². The Morgan fingerprint density at radius 2 is 2.25 bits per heavy atom. The Labute approximate surface area is 95.0 Å². The van der Waals surface area contributed by atoms with Crippen LogP contribution in [0.5, 0.6) is 0 Å². The van der Waals surface area contributed by atoms with Gasteiger partial charge in [0.05, 0.1) is 11.8 Å². The number of nitrogens with zero attached hydrogens (tertiary/aromatic N) is 1. The predicted octanol–water partition coefficient (Wildman–Crippen LogP) is 2.18. The number of rotatable bonds is 1. The zero-order valence-electron chi connectivity index (χ0n) is 9.56. The summed E-state index contributed by atoms with van der Waals surface area (Å²) in [6.07, 6.45) is 0.469. The molecule has 0 aliphatic carbocycles. The van der Waals surface area contributed by atoms with Crippen LogP contribution in [0.2, 0.25) is 0 Å². The molecule has 2 N–H and O–H groups in total. The van der Waals surface area contributed by atoms with Crippen LogP contribution < -0.4 is 10.6 Å². The highest BCUT2D eigenvalue weighted by Gasteiger charge is 2.26. The van der Waals surface area contributed by atoms with Crippen LogP contribution in [-0.2, 0) is 11.2 Å². The SMILES string of the molecule is CC(C)OC(=O)N1CCc2cc(N)ccc21. The van der Waals surface area contributed by atoms with Crippen molar-refractivity contribution in [1.82, 2.24) is 0 Å². The maximum atomic E-state index is 11.8. The number of ether oxygens (including phenoxy) is 1. The number of fused-ring (bicyclic) bond motifs is 1. The lowest BCUT2D eigenvalue weighted by Crippen LogP contribution is -2.31. The van der Waals surface area contributed by atoms with Gasteiger partial charge in [-0.25, -0.2) is 4.79 Å². The highest BCUT2D eigenvalue weighted by atomic mass is 16.6. The Hall–Kier alpha value is -1.71. The van der Waals surface area contributed by atoms with Gasteiger partial charge in [-0.2, -0.15) is 0 Å². The maximum Gasteiger partial charge on any atom is 0.414 e. The number of nitrogens with two attached hydrogens (primary N) is 1. The van der Waals surface area contributed by atoms with Gasteiger partial charge in [-0.05, 0) is 44.0 Å². The van der Waals surface area contributed by atoms with E-state index in [1.165, 1.54) is 0 Å². The van der Waals surface area contributed by atoms with Crippen molar-refractivity contribution in [2.75, 3.05) is 17.2 Å². The van der Waals surface area contributed by atoms with Crippen molar-refractivity contribution in [2.24, 2.45) is 0 Å². The van der Waals surface area contributed by atoms with Gasteiger partial charge >= 0.3 is 6.09 Å². The van der Waals surface area contributed by atoms with Gasteiger partial charge in [-0.3, -0.25) is 4.90 Å². The van der Waals surface area contributed by atoms with Gasteiger partial charge in [0.1, 0.15) is 0 Å². The Kier molecular flexibility index (Phi) is 2.73. The van der Waals surface area contributed by atoms with Gasteiger partial charge in [0, 0.05) is 12.2 Å². The highest BCUT2D eigenvalue weighted by molar-refractivity contribution is 5.90. The number of anilines is 2. The summed E-state index contributed by atoms with van der Waals surface area (Å²) in [5, 5.41) is 0. The monoisotopic (exact) mass is 220 g/mol. The highest BCUT2D eigenvalue weighted by Crippen LogP contribution is 2.30. The fraction of sp³-hybridized carbons (Fsp3) is 0.417. The predicted molar refractivity (Wildman–Crippen MR) is 63.5 cm³/mol. The van der Waals surface area contributed by atoms with Crippen molar-refractivity contribution in [2.45, 2.75) is 26.4 Å². The molecule has 0 unspecified atom stereocenters. The third kappa shape index (κ3) is 1.96. The van der Waals surface area contributed by atoms with E-state index >= 15 is 0 Å². The fourth-order valence-corrected chi connectivity index (χ4v) is 1.88. The minimum Gasteiger partial charge on any atom is -0.446 e. The van der Waals surface area contributed by atoms with E-state index in [0.29, 0.717) is 6.54 Å². The van der Waals surface area contributed by atoms with Gasteiger partial charge in [0.25, 0.3) is 0 Å². The Bertz CT molecular complexity index is 415. The second-order valence-corrected chi connectivity index (χ2v) is 4.22. The lowest BCUT2D eigenvalue weighted by atomic mass is 10.1. The first kappa shape index (κ1) is 10.8. The molecule has 1 aromatic rings. The third-order valence-electron chi connectivity index (χ3n) is 2.56. The van der Waals surface area contributed by atoms with Gasteiger partial charge < -0.3 is 10.5 Å². The molecule has 1 amide bonds. The van der Waals surface area contributed by atoms with E-state index in [1.54, 1.807) is 11.0 Å². The van der Waals surface area contributed by atoms with E-state index in [2.05, 4.69) is 0 Å². The van der Waals surface area contributed by atoms with Crippen LogP contribution in [0.25, 0.3) is 0 Å². The van der Waals surface area contributed by atoms with E-state index < -0.39 is 0 Å². The van der Waals surface area contributed by atoms with E-state index in [4.69, 9.17) is 10.5 Å². The number of carbonyl (C=O) groups is 1. The van der Waals surface area contributed by atoms with Crippen LogP contribution in [0.1, 0.15) is 19.4 Å². The molecule has 4 nitrogen and oxygen atoms in total. The van der Waals surface area contributed by atoms with Gasteiger partial charge in [0.15, 0.2) is 0 Å². The van der Waals surface area contributed by atoms with Crippen LogP contribution in [0.3, 0.4) is 0 Å². The standard InChI is InChI=1S/C12H16N2O2/c1-8(2)16-12(15)14-6-5-9-7-10(13)3-4-11(9)14/h3-4,7-8H,5-6,13H2,1-2H3. The minimum atomic E-state index is -0.279. The summed E-state index contributed by atoms with van der Waals surface area (Å²) < 4.78 is 5.18. The molecule has 0 fully saturated rings. The Balaban J connectivity index is 2.20. The van der Waals surface area contributed by atoms with Crippen LogP contribution in [-0.4, -0.2) is 18.7 Å². The van der Waals surface area contributed by atoms with Crippen LogP contribution >= 0.6 is 0 Å². The summed E-state index contributed by atoms with van der Waals surface area (Å²) in [5.74, 6) is 0. The molecule has 86 valence electrons. The second-order valence-electron chi connectivity index (χ2n) is 4.22. The summed E-state index contributed by atoms with van der Waals surface area (Å²) >= 11 is 0. The molecular formula is C12H16N2O2. The number of nitrogen functional groups attached to an aromatic ring is 1. The molecule has 16 heavy (non-hydrogen) atoms. The van der Waals surface area contributed by atoms with Gasteiger partial charge in [-0.1, -0.05) is 0 Å². The van der Waals surface area contributed by atoms with Gasteiger partial charge in [0.2, 0.25) is 0 Å². The first-order chi connectivity index (χ1) is 7.58. The number of hydrogen-bond acceptors (Lipinski definition) is 3. The zero-order valence-corrected chi connectivity index (χ0v) is 9.56. The molecule has 0 spiro atoms. The first-order valence-corrected chi connectivity index (χ1v) is 5.44. The molecule has 0 atom stereocenters. The third-order valence-corrected chi connectivity index (χ3v) is 2.56. The van der Waals surface area contributed by atoms with Crippen molar-refractivity contribution in [1.29, 1.82) is 0 Å². The van der Waals surface area contributed by atoms with Crippen molar-refractivity contribution >= 4 is 17.5 Å². The summed E-state index contributed by atoms with van der Waals surface area (Å²) in [5.41, 5.74) is 8.46. The number of hydrogen-bond donors (Lipinski definition) is 1. The molecule has 1 aromatic carbocycles. The fourth-order valence-electron chi connectivity index (χ4n) is 1.88. The average molecular weight is 220 g/mol. The number of carbonyl (C=O) groups excluding carboxylic acids is 1. The zero-order chi connectivity index (χ0) is 11.7.